The van der Waals surface area contributed by atoms with Gasteiger partial charge >= 0.3 is 0 Å². The van der Waals surface area contributed by atoms with E-state index in [1.54, 1.807) is 12.1 Å². The second kappa shape index (κ2) is 3.37. The van der Waals surface area contributed by atoms with Crippen LogP contribution in [0.5, 0.6) is 5.75 Å². The Morgan fingerprint density at radius 1 is 1.25 bits per heavy atom. The quantitative estimate of drug-likeness (QED) is 0.834. The Labute approximate surface area is 94.4 Å². The van der Waals surface area contributed by atoms with Crippen LogP contribution in [-0.2, 0) is 7.05 Å². The van der Waals surface area contributed by atoms with Crippen LogP contribution in [0.15, 0.2) is 30.5 Å². The van der Waals surface area contributed by atoms with Crippen LogP contribution in [0.25, 0.3) is 11.4 Å². The zero-order chi connectivity index (χ0) is 11.1. The number of phenolic OH excluding ortho intramolecular Hbond substituents is 1. The van der Waals surface area contributed by atoms with Gasteiger partial charge in [-0.1, -0.05) is 0 Å². The van der Waals surface area contributed by atoms with Crippen molar-refractivity contribution in [2.75, 3.05) is 0 Å². The second-order valence-electron chi connectivity index (χ2n) is 4.42. The first-order valence-corrected chi connectivity index (χ1v) is 5.57. The number of imidazole rings is 1. The molecule has 2 aromatic rings. The molecule has 3 rings (SSSR count). The molecule has 82 valence electrons. The summed E-state index contributed by atoms with van der Waals surface area (Å²) >= 11 is 0. The van der Waals surface area contributed by atoms with Crippen LogP contribution < -0.4 is 0 Å². The molecule has 1 heterocycles. The van der Waals surface area contributed by atoms with Gasteiger partial charge in [-0.3, -0.25) is 0 Å². The molecule has 0 amide bonds. The standard InChI is InChI=1S/C13H14N2O/c1-15-8-12(9-2-3-9)14-13(15)10-4-6-11(16)7-5-10/h4-9,16H,2-3H2,1H3. The van der Waals surface area contributed by atoms with E-state index in [-0.39, 0.29) is 0 Å². The summed E-state index contributed by atoms with van der Waals surface area (Å²) in [5, 5.41) is 9.25. The molecular weight excluding hydrogens is 200 g/mol. The molecule has 0 saturated heterocycles. The van der Waals surface area contributed by atoms with E-state index in [2.05, 4.69) is 15.7 Å². The SMILES string of the molecule is Cn1cc(C2CC2)nc1-c1ccc(O)cc1. The molecule has 1 fully saturated rings. The topological polar surface area (TPSA) is 38.0 Å². The maximum atomic E-state index is 9.25. The third kappa shape index (κ3) is 1.58. The van der Waals surface area contributed by atoms with Crippen molar-refractivity contribution >= 4 is 0 Å². The van der Waals surface area contributed by atoms with Gasteiger partial charge in [0.1, 0.15) is 11.6 Å². The average Bonchev–Trinajstić information content (AvgIpc) is 3.04. The number of phenols is 1. The molecule has 1 aliphatic carbocycles. The van der Waals surface area contributed by atoms with E-state index in [9.17, 15) is 5.11 Å². The molecule has 3 nitrogen and oxygen atoms in total. The predicted molar refractivity (Wildman–Crippen MR) is 62.3 cm³/mol. The molecule has 1 aromatic carbocycles. The lowest BCUT2D eigenvalue weighted by atomic mass is 10.2. The molecule has 0 unspecified atom stereocenters. The van der Waals surface area contributed by atoms with Crippen LogP contribution in [0.2, 0.25) is 0 Å². The van der Waals surface area contributed by atoms with E-state index in [1.807, 2.05) is 19.2 Å². The van der Waals surface area contributed by atoms with E-state index in [4.69, 9.17) is 0 Å². The molecule has 0 atom stereocenters. The first-order valence-electron chi connectivity index (χ1n) is 5.57. The minimum Gasteiger partial charge on any atom is -0.508 e. The monoisotopic (exact) mass is 214 g/mol. The number of aromatic nitrogens is 2. The van der Waals surface area contributed by atoms with Gasteiger partial charge in [-0.2, -0.15) is 0 Å². The molecule has 0 spiro atoms. The lowest BCUT2D eigenvalue weighted by Gasteiger charge is -2.00. The lowest BCUT2D eigenvalue weighted by molar-refractivity contribution is 0.475. The molecule has 1 saturated carbocycles. The summed E-state index contributed by atoms with van der Waals surface area (Å²) in [6.45, 7) is 0. The molecule has 1 aliphatic rings. The van der Waals surface area contributed by atoms with Crippen LogP contribution in [0.1, 0.15) is 24.5 Å². The summed E-state index contributed by atoms with van der Waals surface area (Å²) in [5.41, 5.74) is 2.25. The Morgan fingerprint density at radius 3 is 2.56 bits per heavy atom. The van der Waals surface area contributed by atoms with Crippen molar-refractivity contribution in [3.8, 4) is 17.1 Å². The van der Waals surface area contributed by atoms with Gasteiger partial charge < -0.3 is 9.67 Å². The van der Waals surface area contributed by atoms with Crippen molar-refractivity contribution in [2.24, 2.45) is 7.05 Å². The number of aryl methyl sites for hydroxylation is 1. The highest BCUT2D eigenvalue weighted by Crippen LogP contribution is 2.40. The average molecular weight is 214 g/mol. The van der Waals surface area contributed by atoms with Crippen LogP contribution >= 0.6 is 0 Å². The zero-order valence-electron chi connectivity index (χ0n) is 9.22. The maximum absolute atomic E-state index is 9.25. The number of hydrogen-bond donors (Lipinski definition) is 1. The number of rotatable bonds is 2. The summed E-state index contributed by atoms with van der Waals surface area (Å²) in [6.07, 6.45) is 4.65. The van der Waals surface area contributed by atoms with Gasteiger partial charge in [0.25, 0.3) is 0 Å². The Kier molecular flexibility index (Phi) is 1.99. The van der Waals surface area contributed by atoms with Crippen molar-refractivity contribution in [1.82, 2.24) is 9.55 Å². The van der Waals surface area contributed by atoms with Crippen LogP contribution in [-0.4, -0.2) is 14.7 Å². The number of aromatic hydroxyl groups is 1. The summed E-state index contributed by atoms with van der Waals surface area (Å²) < 4.78 is 2.06. The van der Waals surface area contributed by atoms with Crippen molar-refractivity contribution in [3.05, 3.63) is 36.2 Å². The van der Waals surface area contributed by atoms with Crippen molar-refractivity contribution < 1.29 is 5.11 Å². The first-order chi connectivity index (χ1) is 7.74. The van der Waals surface area contributed by atoms with E-state index in [0.717, 1.165) is 11.4 Å². The minimum atomic E-state index is 0.292. The van der Waals surface area contributed by atoms with Crippen molar-refractivity contribution in [2.45, 2.75) is 18.8 Å². The molecule has 1 N–H and O–H groups in total. The van der Waals surface area contributed by atoms with E-state index in [0.29, 0.717) is 11.7 Å². The highest BCUT2D eigenvalue weighted by Gasteiger charge is 2.26. The summed E-state index contributed by atoms with van der Waals surface area (Å²) in [7, 11) is 2.01. The molecule has 3 heteroatoms. The normalized spacial score (nSPS) is 15.3. The highest BCUT2D eigenvalue weighted by molar-refractivity contribution is 5.57. The van der Waals surface area contributed by atoms with E-state index in [1.165, 1.54) is 18.5 Å². The van der Waals surface area contributed by atoms with Gasteiger partial charge in [0.15, 0.2) is 0 Å². The summed E-state index contributed by atoms with van der Waals surface area (Å²) in [5.74, 6) is 1.94. The van der Waals surface area contributed by atoms with Crippen molar-refractivity contribution in [3.63, 3.8) is 0 Å². The predicted octanol–water partition coefficient (Wildman–Crippen LogP) is 2.67. The Morgan fingerprint density at radius 2 is 1.94 bits per heavy atom. The fourth-order valence-electron chi connectivity index (χ4n) is 1.94. The maximum Gasteiger partial charge on any atom is 0.139 e. The Hall–Kier alpha value is -1.77. The molecule has 0 aliphatic heterocycles. The summed E-state index contributed by atoms with van der Waals surface area (Å²) in [6, 6.07) is 7.18. The van der Waals surface area contributed by atoms with Crippen LogP contribution in [0.3, 0.4) is 0 Å². The number of nitrogens with zero attached hydrogens (tertiary/aromatic N) is 2. The summed E-state index contributed by atoms with van der Waals surface area (Å²) in [4.78, 5) is 4.65. The Bertz CT molecular complexity index is 509. The molecular formula is C13H14N2O. The first kappa shape index (κ1) is 9.46. The zero-order valence-corrected chi connectivity index (χ0v) is 9.22. The number of benzene rings is 1. The van der Waals surface area contributed by atoms with Gasteiger partial charge in [-0.25, -0.2) is 4.98 Å². The minimum absolute atomic E-state index is 0.292. The van der Waals surface area contributed by atoms with Gasteiger partial charge in [-0.05, 0) is 37.1 Å². The van der Waals surface area contributed by atoms with Crippen LogP contribution in [0.4, 0.5) is 0 Å². The number of hydrogen-bond acceptors (Lipinski definition) is 2. The third-order valence-electron chi connectivity index (χ3n) is 3.02. The lowest BCUT2D eigenvalue weighted by Crippen LogP contribution is -1.90. The van der Waals surface area contributed by atoms with Crippen LogP contribution in [0, 0.1) is 0 Å². The van der Waals surface area contributed by atoms with E-state index >= 15 is 0 Å². The largest absolute Gasteiger partial charge is 0.508 e. The Balaban J connectivity index is 2.01. The molecule has 16 heavy (non-hydrogen) atoms. The van der Waals surface area contributed by atoms with E-state index < -0.39 is 0 Å². The molecule has 0 radical (unpaired) electrons. The van der Waals surface area contributed by atoms with Gasteiger partial charge in [-0.15, -0.1) is 0 Å². The fraction of sp³-hybridized carbons (Fsp3) is 0.308. The van der Waals surface area contributed by atoms with Gasteiger partial charge in [0.05, 0.1) is 5.69 Å². The van der Waals surface area contributed by atoms with Gasteiger partial charge in [0.2, 0.25) is 0 Å². The smallest absolute Gasteiger partial charge is 0.139 e. The molecule has 1 aromatic heterocycles. The molecule has 0 bridgehead atoms. The third-order valence-corrected chi connectivity index (χ3v) is 3.02. The highest BCUT2D eigenvalue weighted by atomic mass is 16.3. The second-order valence-corrected chi connectivity index (χ2v) is 4.42. The fourth-order valence-corrected chi connectivity index (χ4v) is 1.94. The van der Waals surface area contributed by atoms with Gasteiger partial charge in [0, 0.05) is 24.7 Å². The van der Waals surface area contributed by atoms with Crippen molar-refractivity contribution in [1.29, 1.82) is 0 Å².